The number of imidazole rings is 1. The molecule has 1 fully saturated rings. The van der Waals surface area contributed by atoms with Crippen molar-refractivity contribution in [1.29, 1.82) is 0 Å². The van der Waals surface area contributed by atoms with Gasteiger partial charge in [0.05, 0.1) is 5.56 Å². The zero-order valence-corrected chi connectivity index (χ0v) is 22.6. The lowest BCUT2D eigenvalue weighted by Gasteiger charge is -2.40. The van der Waals surface area contributed by atoms with Crippen LogP contribution >= 0.6 is 23.2 Å². The van der Waals surface area contributed by atoms with Crippen molar-refractivity contribution in [2.75, 3.05) is 25.5 Å². The molecule has 1 N–H and O–H groups in total. The van der Waals surface area contributed by atoms with Gasteiger partial charge in [-0.2, -0.15) is 0 Å². The maximum absolute atomic E-state index is 13.3. The second-order valence-electron chi connectivity index (χ2n) is 9.54. The van der Waals surface area contributed by atoms with Crippen LogP contribution in [-0.4, -0.2) is 57.9 Å². The Morgan fingerprint density at radius 1 is 1.14 bits per heavy atom. The Bertz CT molecular complexity index is 1220. The van der Waals surface area contributed by atoms with Crippen molar-refractivity contribution in [3.05, 3.63) is 57.2 Å². The molecule has 35 heavy (non-hydrogen) atoms. The molecule has 3 aromatic rings. The van der Waals surface area contributed by atoms with Gasteiger partial charge in [0.25, 0.3) is 5.91 Å². The number of aryl methyl sites for hydroxylation is 1. The van der Waals surface area contributed by atoms with E-state index in [-0.39, 0.29) is 12.5 Å². The molecule has 2 aromatic heterocycles. The van der Waals surface area contributed by atoms with Gasteiger partial charge in [-0.05, 0) is 78.2 Å². The minimum absolute atomic E-state index is 0.194. The zero-order chi connectivity index (χ0) is 25.3. The van der Waals surface area contributed by atoms with Gasteiger partial charge in [0.2, 0.25) is 0 Å². The molecule has 1 aliphatic carbocycles. The fourth-order valence-corrected chi connectivity index (χ4v) is 5.76. The Balaban J connectivity index is 1.56. The quantitative estimate of drug-likeness (QED) is 0.432. The van der Waals surface area contributed by atoms with Crippen molar-refractivity contribution < 1.29 is 4.79 Å². The summed E-state index contributed by atoms with van der Waals surface area (Å²) < 4.78 is 1.86. The van der Waals surface area contributed by atoms with Gasteiger partial charge in [-0.25, -0.2) is 9.97 Å². The number of aromatic nitrogens is 3. The first-order valence-electron chi connectivity index (χ1n) is 12.2. The molecule has 0 spiro atoms. The molecular weight excluding hydrogens is 483 g/mol. The number of fused-ring (bicyclic) bond motifs is 1. The normalized spacial score (nSPS) is 18.3. The molecule has 0 radical (unpaired) electrons. The number of anilines is 1. The Morgan fingerprint density at radius 2 is 1.83 bits per heavy atom. The number of hydrogen-bond acceptors (Lipinski definition) is 5. The first kappa shape index (κ1) is 25.7. The lowest BCUT2D eigenvalue weighted by atomic mass is 9.89. The summed E-state index contributed by atoms with van der Waals surface area (Å²) in [7, 11) is 4.32. The van der Waals surface area contributed by atoms with Gasteiger partial charge < -0.3 is 15.1 Å². The van der Waals surface area contributed by atoms with Crippen LogP contribution in [0.5, 0.6) is 0 Å². The first-order valence-corrected chi connectivity index (χ1v) is 13.0. The van der Waals surface area contributed by atoms with Crippen molar-refractivity contribution >= 4 is 40.4 Å². The molecule has 2 heterocycles. The van der Waals surface area contributed by atoms with Gasteiger partial charge in [0, 0.05) is 53.8 Å². The highest BCUT2D eigenvalue weighted by molar-refractivity contribution is 6.31. The topological polar surface area (TPSA) is 65.8 Å². The summed E-state index contributed by atoms with van der Waals surface area (Å²) in [5.74, 6) is 0.548. The van der Waals surface area contributed by atoms with E-state index in [9.17, 15) is 4.79 Å². The molecule has 188 valence electrons. The third kappa shape index (κ3) is 5.27. The standard InChI is InChI=1S/C26H34Cl2N6O/c1-6-33(20-9-7-19(8-10-20)32(4)5)23-14-18(27)13-21(16(23)2)26(35)30-15-22-24(28)31-17(3)34-12-11-29-25(22)34/h11-14,19-20H,6-10,15H2,1-5H3,(H,30,35)/t19-,20-. The molecule has 1 aromatic carbocycles. The predicted molar refractivity (Wildman–Crippen MR) is 143 cm³/mol. The summed E-state index contributed by atoms with van der Waals surface area (Å²) in [5, 5.41) is 3.91. The molecule has 4 rings (SSSR count). The molecule has 0 unspecified atom stereocenters. The maximum atomic E-state index is 13.3. The molecule has 0 atom stereocenters. The van der Waals surface area contributed by atoms with Crippen LogP contribution in [0.1, 0.15) is 59.9 Å². The van der Waals surface area contributed by atoms with E-state index in [1.54, 1.807) is 12.3 Å². The Hall–Kier alpha value is -2.35. The summed E-state index contributed by atoms with van der Waals surface area (Å²) in [4.78, 5) is 26.8. The number of amides is 1. The molecule has 1 aliphatic rings. The van der Waals surface area contributed by atoms with Crippen LogP contribution in [0.3, 0.4) is 0 Å². The van der Waals surface area contributed by atoms with E-state index in [1.807, 2.05) is 30.5 Å². The van der Waals surface area contributed by atoms with Crippen LogP contribution in [0, 0.1) is 13.8 Å². The van der Waals surface area contributed by atoms with Crippen LogP contribution in [0.15, 0.2) is 24.5 Å². The van der Waals surface area contributed by atoms with E-state index in [0.717, 1.165) is 36.5 Å². The minimum Gasteiger partial charge on any atom is -0.369 e. The highest BCUT2D eigenvalue weighted by Crippen LogP contribution is 2.34. The SMILES string of the molecule is CCN(c1cc(Cl)cc(C(=O)NCc2c(Cl)nc(C)n3ccnc23)c1C)[C@H]1CC[C@H](N(C)C)CC1. The lowest BCUT2D eigenvalue weighted by Crippen LogP contribution is -2.42. The fraction of sp³-hybridized carbons (Fsp3) is 0.500. The summed E-state index contributed by atoms with van der Waals surface area (Å²) in [5.41, 5.74) is 3.91. The van der Waals surface area contributed by atoms with Crippen molar-refractivity contribution in [2.45, 2.75) is 65.1 Å². The fourth-order valence-electron chi connectivity index (χ4n) is 5.27. The number of nitrogens with one attached hydrogen (secondary N) is 1. The number of halogens is 2. The van der Waals surface area contributed by atoms with Crippen molar-refractivity contribution in [3.8, 4) is 0 Å². The van der Waals surface area contributed by atoms with Gasteiger partial charge >= 0.3 is 0 Å². The predicted octanol–water partition coefficient (Wildman–Crippen LogP) is 5.28. The number of hydrogen-bond donors (Lipinski definition) is 1. The number of rotatable bonds is 7. The Labute approximate surface area is 217 Å². The molecule has 0 aliphatic heterocycles. The second-order valence-corrected chi connectivity index (χ2v) is 10.3. The van der Waals surface area contributed by atoms with E-state index in [2.05, 4.69) is 46.1 Å². The molecule has 1 amide bonds. The monoisotopic (exact) mass is 516 g/mol. The third-order valence-electron chi connectivity index (χ3n) is 7.27. The smallest absolute Gasteiger partial charge is 0.251 e. The number of carbonyl (C=O) groups excluding carboxylic acids is 1. The van der Waals surface area contributed by atoms with E-state index < -0.39 is 0 Å². The highest BCUT2D eigenvalue weighted by atomic mass is 35.5. The molecule has 1 saturated carbocycles. The van der Waals surface area contributed by atoms with E-state index in [1.165, 1.54) is 12.8 Å². The average Bonchev–Trinajstić information content (AvgIpc) is 3.32. The van der Waals surface area contributed by atoms with Gasteiger partial charge in [-0.3, -0.25) is 9.20 Å². The number of benzene rings is 1. The summed E-state index contributed by atoms with van der Waals surface area (Å²) in [6.45, 7) is 7.12. The van der Waals surface area contributed by atoms with E-state index in [4.69, 9.17) is 23.2 Å². The van der Waals surface area contributed by atoms with E-state index in [0.29, 0.717) is 39.0 Å². The maximum Gasteiger partial charge on any atom is 0.251 e. The third-order valence-corrected chi connectivity index (χ3v) is 7.80. The van der Waals surface area contributed by atoms with Crippen molar-refractivity contribution in [2.24, 2.45) is 0 Å². The molecule has 9 heteroatoms. The average molecular weight is 518 g/mol. The lowest BCUT2D eigenvalue weighted by molar-refractivity contribution is 0.0950. The molecule has 0 bridgehead atoms. The summed E-state index contributed by atoms with van der Waals surface area (Å²) in [6.07, 6.45) is 8.14. The molecule has 7 nitrogen and oxygen atoms in total. The van der Waals surface area contributed by atoms with Gasteiger partial charge in [-0.15, -0.1) is 0 Å². The van der Waals surface area contributed by atoms with Crippen LogP contribution in [0.25, 0.3) is 5.65 Å². The zero-order valence-electron chi connectivity index (χ0n) is 21.1. The van der Waals surface area contributed by atoms with E-state index >= 15 is 0 Å². The molecule has 0 saturated heterocycles. The number of carbonyl (C=O) groups is 1. The van der Waals surface area contributed by atoms with Gasteiger partial charge in [-0.1, -0.05) is 23.2 Å². The van der Waals surface area contributed by atoms with Gasteiger partial charge in [0.15, 0.2) is 0 Å². The summed E-state index contributed by atoms with van der Waals surface area (Å²) in [6, 6.07) is 4.81. The van der Waals surface area contributed by atoms with Crippen molar-refractivity contribution in [3.63, 3.8) is 0 Å². The number of nitrogens with zero attached hydrogens (tertiary/aromatic N) is 5. The first-order chi connectivity index (χ1) is 16.7. The second kappa shape index (κ2) is 10.7. The van der Waals surface area contributed by atoms with Crippen LogP contribution in [0.4, 0.5) is 5.69 Å². The highest BCUT2D eigenvalue weighted by Gasteiger charge is 2.28. The minimum atomic E-state index is -0.194. The van der Waals surface area contributed by atoms with Crippen LogP contribution in [-0.2, 0) is 6.54 Å². The summed E-state index contributed by atoms with van der Waals surface area (Å²) >= 11 is 12.9. The van der Waals surface area contributed by atoms with Crippen LogP contribution in [0.2, 0.25) is 10.2 Å². The van der Waals surface area contributed by atoms with Gasteiger partial charge in [0.1, 0.15) is 16.6 Å². The Morgan fingerprint density at radius 3 is 2.49 bits per heavy atom. The van der Waals surface area contributed by atoms with Crippen LogP contribution < -0.4 is 10.2 Å². The Kier molecular flexibility index (Phi) is 7.89. The molecular formula is C26H34Cl2N6O. The van der Waals surface area contributed by atoms with Crippen molar-refractivity contribution in [1.82, 2.24) is 24.6 Å². The largest absolute Gasteiger partial charge is 0.369 e.